The van der Waals surface area contributed by atoms with E-state index in [1.54, 1.807) is 0 Å². The lowest BCUT2D eigenvalue weighted by molar-refractivity contribution is 0.466. The number of pyridine rings is 1. The van der Waals surface area contributed by atoms with Crippen LogP contribution in [0.5, 0.6) is 5.75 Å². The van der Waals surface area contributed by atoms with E-state index >= 15 is 0 Å². The molecular weight excluding hydrogens is 497 g/mol. The van der Waals surface area contributed by atoms with E-state index < -0.39 is 37.0 Å². The van der Waals surface area contributed by atoms with Gasteiger partial charge in [-0.3, -0.25) is 9.52 Å². The SMILES string of the molecule is CCCC(C)n1c(=O)c(C2=CS(=O)(=O)c3cc(NS(C)(=O)=O)ccc3N2)c(O)c2cc(F)ccc21. The third-order valence-corrected chi connectivity index (χ3v) is 7.80. The molecule has 0 saturated heterocycles. The zero-order valence-electron chi connectivity index (χ0n) is 19.2. The first kappa shape index (κ1) is 24.7. The molecule has 2 heterocycles. The van der Waals surface area contributed by atoms with Crippen LogP contribution in [0.15, 0.2) is 51.5 Å². The van der Waals surface area contributed by atoms with Gasteiger partial charge in [0.2, 0.25) is 19.9 Å². The van der Waals surface area contributed by atoms with Gasteiger partial charge in [0.25, 0.3) is 5.56 Å². The van der Waals surface area contributed by atoms with Crippen molar-refractivity contribution in [2.75, 3.05) is 16.3 Å². The lowest BCUT2D eigenvalue weighted by Gasteiger charge is -2.24. The molecule has 2 aromatic carbocycles. The van der Waals surface area contributed by atoms with E-state index in [0.717, 1.165) is 30.2 Å². The van der Waals surface area contributed by atoms with Crippen LogP contribution in [-0.4, -0.2) is 32.8 Å². The van der Waals surface area contributed by atoms with E-state index in [1.165, 1.54) is 28.8 Å². The Hall–Kier alpha value is -3.38. The summed E-state index contributed by atoms with van der Waals surface area (Å²) < 4.78 is 67.0. The topological polar surface area (TPSA) is 135 Å². The van der Waals surface area contributed by atoms with Gasteiger partial charge in [0, 0.05) is 17.1 Å². The predicted octanol–water partition coefficient (Wildman–Crippen LogP) is 3.78. The molecule has 0 amide bonds. The molecule has 35 heavy (non-hydrogen) atoms. The van der Waals surface area contributed by atoms with Crippen LogP contribution < -0.4 is 15.6 Å². The Morgan fingerprint density at radius 1 is 1.20 bits per heavy atom. The number of anilines is 2. The molecule has 1 atom stereocenters. The number of nitrogens with zero attached hydrogens (tertiary/aromatic N) is 1. The molecule has 1 aliphatic heterocycles. The number of sulfone groups is 1. The number of hydrogen-bond acceptors (Lipinski definition) is 7. The third-order valence-electron chi connectivity index (χ3n) is 5.69. The Bertz CT molecular complexity index is 1660. The van der Waals surface area contributed by atoms with Gasteiger partial charge in [0.1, 0.15) is 17.1 Å². The smallest absolute Gasteiger partial charge is 0.264 e. The van der Waals surface area contributed by atoms with Crippen LogP contribution in [0.3, 0.4) is 0 Å². The van der Waals surface area contributed by atoms with Crippen molar-refractivity contribution in [3.8, 4) is 5.75 Å². The molecule has 4 rings (SSSR count). The monoisotopic (exact) mass is 521 g/mol. The first-order chi connectivity index (χ1) is 16.3. The molecule has 0 saturated carbocycles. The van der Waals surface area contributed by atoms with Gasteiger partial charge >= 0.3 is 0 Å². The Morgan fingerprint density at radius 2 is 1.91 bits per heavy atom. The van der Waals surface area contributed by atoms with Gasteiger partial charge in [-0.15, -0.1) is 0 Å². The van der Waals surface area contributed by atoms with Crippen LogP contribution >= 0.6 is 0 Å². The fourth-order valence-corrected chi connectivity index (χ4v) is 6.14. The Labute approximate surface area is 201 Å². The third kappa shape index (κ3) is 4.63. The summed E-state index contributed by atoms with van der Waals surface area (Å²) in [4.78, 5) is 13.4. The summed E-state index contributed by atoms with van der Waals surface area (Å²) in [7, 11) is -7.78. The molecule has 1 unspecified atom stereocenters. The number of sulfonamides is 1. The van der Waals surface area contributed by atoms with Gasteiger partial charge in [-0.1, -0.05) is 13.3 Å². The van der Waals surface area contributed by atoms with E-state index in [4.69, 9.17) is 0 Å². The fraction of sp³-hybridized carbons (Fsp3) is 0.261. The van der Waals surface area contributed by atoms with Crippen molar-refractivity contribution in [1.82, 2.24) is 4.57 Å². The van der Waals surface area contributed by atoms with E-state index in [0.29, 0.717) is 11.9 Å². The highest BCUT2D eigenvalue weighted by Gasteiger charge is 2.29. The van der Waals surface area contributed by atoms with Crippen molar-refractivity contribution in [1.29, 1.82) is 0 Å². The van der Waals surface area contributed by atoms with Gasteiger partial charge in [0.05, 0.1) is 33.5 Å². The molecule has 1 aliphatic rings. The van der Waals surface area contributed by atoms with Gasteiger partial charge in [-0.05, 0) is 49.7 Å². The molecule has 1 aromatic heterocycles. The first-order valence-corrected chi connectivity index (χ1v) is 14.2. The van der Waals surface area contributed by atoms with Crippen LogP contribution in [0.25, 0.3) is 16.6 Å². The van der Waals surface area contributed by atoms with Crippen LogP contribution in [0, 0.1) is 5.82 Å². The highest BCUT2D eigenvalue weighted by atomic mass is 32.2. The summed E-state index contributed by atoms with van der Waals surface area (Å²) in [6, 6.07) is 7.26. The summed E-state index contributed by atoms with van der Waals surface area (Å²) in [6.45, 7) is 3.77. The maximum absolute atomic E-state index is 14.1. The average Bonchev–Trinajstić information content (AvgIpc) is 2.73. The number of hydrogen-bond donors (Lipinski definition) is 3. The zero-order chi connectivity index (χ0) is 25.7. The zero-order valence-corrected chi connectivity index (χ0v) is 20.8. The minimum absolute atomic E-state index is 0.0493. The number of rotatable bonds is 6. The first-order valence-electron chi connectivity index (χ1n) is 10.7. The Kier molecular flexibility index (Phi) is 6.14. The van der Waals surface area contributed by atoms with Crippen molar-refractivity contribution in [2.24, 2.45) is 0 Å². The Balaban J connectivity index is 1.95. The van der Waals surface area contributed by atoms with Crippen LogP contribution in [0.1, 0.15) is 38.3 Å². The number of aromatic nitrogens is 1. The fourth-order valence-electron chi connectivity index (χ4n) is 4.25. The van der Waals surface area contributed by atoms with Crippen molar-refractivity contribution in [2.45, 2.75) is 37.6 Å². The molecule has 0 spiro atoms. The van der Waals surface area contributed by atoms with Crippen molar-refractivity contribution < 1.29 is 26.3 Å². The number of halogens is 1. The highest BCUT2D eigenvalue weighted by molar-refractivity contribution is 7.94. The van der Waals surface area contributed by atoms with Crippen molar-refractivity contribution >= 4 is 47.8 Å². The summed E-state index contributed by atoms with van der Waals surface area (Å²) in [5.41, 5.74) is -0.641. The lowest BCUT2D eigenvalue weighted by atomic mass is 10.0. The molecule has 0 radical (unpaired) electrons. The maximum Gasteiger partial charge on any atom is 0.264 e. The normalized spacial score (nSPS) is 15.7. The molecule has 0 bridgehead atoms. The van der Waals surface area contributed by atoms with E-state index in [2.05, 4.69) is 10.0 Å². The van der Waals surface area contributed by atoms with Crippen LogP contribution in [0.2, 0.25) is 0 Å². The van der Waals surface area contributed by atoms with Gasteiger partial charge in [-0.25, -0.2) is 21.2 Å². The summed E-state index contributed by atoms with van der Waals surface area (Å²) >= 11 is 0. The standard InChI is InChI=1S/C23H24FN3O6S2/c1-4-5-13(2)27-19-9-6-14(24)10-16(19)22(28)21(23(27)29)18-12-35(32,33)20-11-15(26-34(3,30)31)7-8-17(20)25-18/h6-13,25-26,28H,4-5H2,1-3H3. The minimum Gasteiger partial charge on any atom is -0.506 e. The largest absolute Gasteiger partial charge is 0.506 e. The second-order valence-electron chi connectivity index (χ2n) is 8.48. The van der Waals surface area contributed by atoms with E-state index in [-0.39, 0.29) is 39.0 Å². The molecular formula is C23H24FN3O6S2. The molecule has 12 heteroatoms. The van der Waals surface area contributed by atoms with Gasteiger partial charge in [0.15, 0.2) is 0 Å². The number of fused-ring (bicyclic) bond motifs is 2. The second-order valence-corrected chi connectivity index (χ2v) is 12.0. The molecule has 186 valence electrons. The maximum atomic E-state index is 14.1. The number of aromatic hydroxyl groups is 1. The minimum atomic E-state index is -4.15. The molecule has 3 N–H and O–H groups in total. The van der Waals surface area contributed by atoms with Crippen LogP contribution in [0.4, 0.5) is 15.8 Å². The van der Waals surface area contributed by atoms with E-state index in [9.17, 15) is 31.1 Å². The second kappa shape index (κ2) is 8.68. The average molecular weight is 522 g/mol. The van der Waals surface area contributed by atoms with Crippen molar-refractivity contribution in [3.63, 3.8) is 0 Å². The molecule has 0 aliphatic carbocycles. The van der Waals surface area contributed by atoms with Crippen molar-refractivity contribution in [3.05, 3.63) is 63.5 Å². The Morgan fingerprint density at radius 3 is 2.57 bits per heavy atom. The predicted molar refractivity (Wildman–Crippen MR) is 133 cm³/mol. The summed E-state index contributed by atoms with van der Waals surface area (Å²) in [6.07, 6.45) is 2.33. The lowest BCUT2D eigenvalue weighted by Crippen LogP contribution is -2.29. The summed E-state index contributed by atoms with van der Waals surface area (Å²) in [5, 5.41) is 14.7. The molecule has 0 fully saturated rings. The van der Waals surface area contributed by atoms with Gasteiger partial charge < -0.3 is 15.0 Å². The number of nitrogens with one attached hydrogen (secondary N) is 2. The summed E-state index contributed by atoms with van der Waals surface area (Å²) in [5.74, 6) is -1.17. The van der Waals surface area contributed by atoms with E-state index in [1.807, 2.05) is 13.8 Å². The highest BCUT2D eigenvalue weighted by Crippen LogP contribution is 2.39. The van der Waals surface area contributed by atoms with Gasteiger partial charge in [-0.2, -0.15) is 0 Å². The number of benzene rings is 2. The quantitative estimate of drug-likeness (QED) is 0.449. The molecule has 9 nitrogen and oxygen atoms in total. The molecule has 3 aromatic rings. The van der Waals surface area contributed by atoms with Crippen LogP contribution in [-0.2, 0) is 19.9 Å².